The monoisotopic (exact) mass is 293 g/mol. The lowest BCUT2D eigenvalue weighted by Gasteiger charge is -2.20. The Morgan fingerprint density at radius 1 is 1.40 bits per heavy atom. The molecule has 0 spiro atoms. The van der Waals surface area contributed by atoms with Gasteiger partial charge in [-0.05, 0) is 49.8 Å². The molecule has 2 saturated carbocycles. The van der Waals surface area contributed by atoms with Gasteiger partial charge in [-0.1, -0.05) is 23.7 Å². The normalized spacial score (nSPS) is 27.3. The fraction of sp³-hybridized carbons (Fsp3) is 0.562. The Morgan fingerprint density at radius 2 is 2.20 bits per heavy atom. The number of hydrogen-bond acceptors (Lipinski definition) is 2. The van der Waals surface area contributed by atoms with Crippen molar-refractivity contribution in [3.63, 3.8) is 0 Å². The van der Waals surface area contributed by atoms with Gasteiger partial charge in [0, 0.05) is 17.0 Å². The van der Waals surface area contributed by atoms with Gasteiger partial charge in [0.2, 0.25) is 5.91 Å². The molecule has 0 heterocycles. The molecule has 0 aliphatic heterocycles. The standard InChI is InChI=1S/C16H20ClNO2/c17-12-4-1-3-11(9-12)16(7-8-16)10-18-15(20)13-5-2-6-14(13)19/h1,3-4,9,13-14,19H,2,5-8,10H2,(H,18,20). The van der Waals surface area contributed by atoms with E-state index >= 15 is 0 Å². The van der Waals surface area contributed by atoms with Crippen molar-refractivity contribution < 1.29 is 9.90 Å². The zero-order valence-corrected chi connectivity index (χ0v) is 12.2. The molecule has 3 nitrogen and oxygen atoms in total. The number of aliphatic hydroxyl groups excluding tert-OH is 1. The first-order chi connectivity index (χ1) is 9.61. The summed E-state index contributed by atoms with van der Waals surface area (Å²) in [7, 11) is 0. The summed E-state index contributed by atoms with van der Waals surface area (Å²) in [4.78, 5) is 12.1. The van der Waals surface area contributed by atoms with E-state index in [1.165, 1.54) is 5.56 Å². The van der Waals surface area contributed by atoms with Gasteiger partial charge in [0.1, 0.15) is 0 Å². The van der Waals surface area contributed by atoms with Crippen molar-refractivity contribution in [3.05, 3.63) is 34.9 Å². The van der Waals surface area contributed by atoms with Crippen molar-refractivity contribution in [1.82, 2.24) is 5.32 Å². The van der Waals surface area contributed by atoms with Crippen LogP contribution in [-0.2, 0) is 10.2 Å². The molecule has 2 atom stereocenters. The molecule has 2 fully saturated rings. The smallest absolute Gasteiger partial charge is 0.225 e. The lowest BCUT2D eigenvalue weighted by molar-refractivity contribution is -0.127. The van der Waals surface area contributed by atoms with E-state index in [-0.39, 0.29) is 17.2 Å². The zero-order chi connectivity index (χ0) is 14.2. The minimum atomic E-state index is -0.462. The summed E-state index contributed by atoms with van der Waals surface area (Å²) in [5.41, 5.74) is 1.27. The second-order valence-electron chi connectivity index (χ2n) is 6.11. The molecule has 2 aliphatic rings. The van der Waals surface area contributed by atoms with Gasteiger partial charge in [0.15, 0.2) is 0 Å². The van der Waals surface area contributed by atoms with Crippen LogP contribution in [0, 0.1) is 5.92 Å². The zero-order valence-electron chi connectivity index (χ0n) is 11.4. The van der Waals surface area contributed by atoms with Crippen LogP contribution in [0.15, 0.2) is 24.3 Å². The number of nitrogens with one attached hydrogen (secondary N) is 1. The average molecular weight is 294 g/mol. The Hall–Kier alpha value is -1.06. The highest BCUT2D eigenvalue weighted by atomic mass is 35.5. The summed E-state index contributed by atoms with van der Waals surface area (Å²) in [5.74, 6) is -0.214. The Labute approximate surface area is 124 Å². The molecule has 0 aromatic heterocycles. The van der Waals surface area contributed by atoms with Crippen LogP contribution < -0.4 is 5.32 Å². The van der Waals surface area contributed by atoms with Gasteiger partial charge >= 0.3 is 0 Å². The molecule has 2 aliphatic carbocycles. The molecule has 2 unspecified atom stereocenters. The number of benzene rings is 1. The fourth-order valence-corrected chi connectivity index (χ4v) is 3.36. The molecule has 0 saturated heterocycles. The van der Waals surface area contributed by atoms with Crippen LogP contribution in [0.2, 0.25) is 5.02 Å². The molecule has 3 rings (SSSR count). The number of hydrogen-bond donors (Lipinski definition) is 2. The summed E-state index contributed by atoms with van der Waals surface area (Å²) in [5, 5.41) is 13.6. The third-order valence-corrected chi connectivity index (χ3v) is 4.94. The van der Waals surface area contributed by atoms with Crippen molar-refractivity contribution in [2.75, 3.05) is 6.54 Å². The van der Waals surface area contributed by atoms with E-state index in [0.717, 1.165) is 37.1 Å². The highest BCUT2D eigenvalue weighted by molar-refractivity contribution is 6.30. The highest BCUT2D eigenvalue weighted by Gasteiger charge is 2.45. The lowest BCUT2D eigenvalue weighted by atomic mass is 9.95. The molecule has 0 radical (unpaired) electrons. The van der Waals surface area contributed by atoms with Gasteiger partial charge in [-0.15, -0.1) is 0 Å². The predicted molar refractivity (Wildman–Crippen MR) is 78.7 cm³/mol. The van der Waals surface area contributed by atoms with E-state index < -0.39 is 6.10 Å². The van der Waals surface area contributed by atoms with Crippen LogP contribution in [0.25, 0.3) is 0 Å². The SMILES string of the molecule is O=C(NCC1(c2cccc(Cl)c2)CC1)C1CCCC1O. The minimum Gasteiger partial charge on any atom is -0.392 e. The third kappa shape index (κ3) is 2.70. The molecular weight excluding hydrogens is 274 g/mol. The predicted octanol–water partition coefficient (Wildman–Crippen LogP) is 2.65. The Kier molecular flexibility index (Phi) is 3.74. The highest BCUT2D eigenvalue weighted by Crippen LogP contribution is 2.48. The van der Waals surface area contributed by atoms with Gasteiger partial charge in [0.25, 0.3) is 0 Å². The Bertz CT molecular complexity index is 513. The molecule has 20 heavy (non-hydrogen) atoms. The van der Waals surface area contributed by atoms with E-state index in [4.69, 9.17) is 11.6 Å². The van der Waals surface area contributed by atoms with Crippen molar-refractivity contribution in [2.24, 2.45) is 5.92 Å². The first-order valence-electron chi connectivity index (χ1n) is 7.33. The van der Waals surface area contributed by atoms with Crippen LogP contribution >= 0.6 is 11.6 Å². The topological polar surface area (TPSA) is 49.3 Å². The second-order valence-corrected chi connectivity index (χ2v) is 6.55. The summed E-state index contributed by atoms with van der Waals surface area (Å²) in [6.45, 7) is 0.648. The van der Waals surface area contributed by atoms with E-state index in [1.807, 2.05) is 18.2 Å². The molecule has 2 N–H and O–H groups in total. The van der Waals surface area contributed by atoms with Gasteiger partial charge in [0.05, 0.1) is 12.0 Å². The summed E-state index contributed by atoms with van der Waals surface area (Å²) >= 11 is 6.04. The van der Waals surface area contributed by atoms with E-state index in [1.54, 1.807) is 0 Å². The number of carbonyl (C=O) groups excluding carboxylic acids is 1. The van der Waals surface area contributed by atoms with E-state index in [9.17, 15) is 9.90 Å². The van der Waals surface area contributed by atoms with Crippen molar-refractivity contribution >= 4 is 17.5 Å². The number of aliphatic hydroxyl groups is 1. The largest absolute Gasteiger partial charge is 0.392 e. The van der Waals surface area contributed by atoms with Crippen molar-refractivity contribution in [3.8, 4) is 0 Å². The molecule has 108 valence electrons. The maximum Gasteiger partial charge on any atom is 0.225 e. The first-order valence-corrected chi connectivity index (χ1v) is 7.70. The lowest BCUT2D eigenvalue weighted by Crippen LogP contribution is -2.39. The molecule has 0 bridgehead atoms. The average Bonchev–Trinajstić information content (AvgIpc) is 3.11. The Morgan fingerprint density at radius 3 is 2.80 bits per heavy atom. The summed E-state index contributed by atoms with van der Waals surface area (Å²) in [6, 6.07) is 7.90. The summed E-state index contributed by atoms with van der Waals surface area (Å²) in [6.07, 6.45) is 4.20. The molecule has 1 amide bonds. The maximum atomic E-state index is 12.1. The molecule has 4 heteroatoms. The number of carbonyl (C=O) groups is 1. The minimum absolute atomic E-state index is 0.00306. The van der Waals surface area contributed by atoms with Crippen molar-refractivity contribution in [2.45, 2.75) is 43.6 Å². The van der Waals surface area contributed by atoms with E-state index in [2.05, 4.69) is 11.4 Å². The summed E-state index contributed by atoms with van der Waals surface area (Å²) < 4.78 is 0. The quantitative estimate of drug-likeness (QED) is 0.896. The van der Waals surface area contributed by atoms with Gasteiger partial charge in [-0.25, -0.2) is 0 Å². The Balaban J connectivity index is 1.62. The molecular formula is C16H20ClNO2. The number of amides is 1. The van der Waals surface area contributed by atoms with Crippen molar-refractivity contribution in [1.29, 1.82) is 0 Å². The number of halogens is 1. The van der Waals surface area contributed by atoms with Crippen LogP contribution in [0.5, 0.6) is 0 Å². The van der Waals surface area contributed by atoms with E-state index in [0.29, 0.717) is 6.54 Å². The fourth-order valence-electron chi connectivity index (χ4n) is 3.17. The van der Waals surface area contributed by atoms with Crippen LogP contribution in [0.1, 0.15) is 37.7 Å². The second kappa shape index (κ2) is 5.38. The van der Waals surface area contributed by atoms with Gasteiger partial charge in [-0.2, -0.15) is 0 Å². The van der Waals surface area contributed by atoms with Gasteiger partial charge in [-0.3, -0.25) is 4.79 Å². The van der Waals surface area contributed by atoms with Crippen LogP contribution in [-0.4, -0.2) is 23.7 Å². The van der Waals surface area contributed by atoms with Crippen LogP contribution in [0.4, 0.5) is 0 Å². The number of rotatable bonds is 4. The maximum absolute atomic E-state index is 12.1. The molecule has 1 aromatic rings. The van der Waals surface area contributed by atoms with Gasteiger partial charge < -0.3 is 10.4 Å². The molecule has 1 aromatic carbocycles. The first kappa shape index (κ1) is 13.9. The van der Waals surface area contributed by atoms with Crippen LogP contribution in [0.3, 0.4) is 0 Å². The third-order valence-electron chi connectivity index (χ3n) is 4.71.